The first-order chi connectivity index (χ1) is 5.70. The lowest BCUT2D eigenvalue weighted by Crippen LogP contribution is -1.82. The molecule has 1 aromatic rings. The van der Waals surface area contributed by atoms with Crippen LogP contribution in [0.2, 0.25) is 0 Å². The van der Waals surface area contributed by atoms with Gasteiger partial charge in [0.2, 0.25) is 0 Å². The van der Waals surface area contributed by atoms with Crippen LogP contribution in [0.1, 0.15) is 18.1 Å². The molecule has 1 rings (SSSR count). The molecule has 0 spiro atoms. The molecular formula is C10H14N2. The van der Waals surface area contributed by atoms with Crippen LogP contribution >= 0.6 is 0 Å². The van der Waals surface area contributed by atoms with E-state index in [0.29, 0.717) is 0 Å². The Morgan fingerprint density at radius 3 is 2.75 bits per heavy atom. The normalized spacial score (nSPS) is 10.9. The quantitative estimate of drug-likeness (QED) is 0.595. The number of aliphatic imine (C=N–C) groups is 1. The minimum absolute atomic E-state index is 0.936. The third-order valence-corrected chi connectivity index (χ3v) is 1.87. The first kappa shape index (κ1) is 8.78. The van der Waals surface area contributed by atoms with Crippen molar-refractivity contribution in [2.24, 2.45) is 12.0 Å². The van der Waals surface area contributed by atoms with Gasteiger partial charge in [-0.1, -0.05) is 12.2 Å². The zero-order valence-corrected chi connectivity index (χ0v) is 7.83. The lowest BCUT2D eigenvalue weighted by atomic mass is 10.2. The van der Waals surface area contributed by atoms with E-state index in [1.165, 1.54) is 5.56 Å². The number of nitrogens with zero attached hydrogens (tertiary/aromatic N) is 2. The fourth-order valence-corrected chi connectivity index (χ4v) is 1.36. The van der Waals surface area contributed by atoms with E-state index < -0.39 is 0 Å². The van der Waals surface area contributed by atoms with Gasteiger partial charge in [0.1, 0.15) is 5.82 Å². The average Bonchev–Trinajstić information content (AvgIpc) is 2.28. The molecule has 0 amide bonds. The van der Waals surface area contributed by atoms with E-state index in [4.69, 9.17) is 0 Å². The van der Waals surface area contributed by atoms with Gasteiger partial charge in [0.15, 0.2) is 0 Å². The molecule has 1 aromatic heterocycles. The van der Waals surface area contributed by atoms with E-state index in [0.717, 1.165) is 11.4 Å². The molecule has 0 aromatic carbocycles. The second kappa shape index (κ2) is 3.39. The molecule has 2 nitrogen and oxygen atoms in total. The maximum absolute atomic E-state index is 3.97. The summed E-state index contributed by atoms with van der Waals surface area (Å²) in [4.78, 5) is 3.97. The molecule has 0 atom stereocenters. The molecule has 0 bridgehead atoms. The Kier molecular flexibility index (Phi) is 2.48. The summed E-state index contributed by atoms with van der Waals surface area (Å²) >= 11 is 0. The predicted molar refractivity (Wildman–Crippen MR) is 54.1 cm³/mol. The maximum Gasteiger partial charge on any atom is 0.139 e. The van der Waals surface area contributed by atoms with Gasteiger partial charge in [0.05, 0.1) is 0 Å². The molecule has 2 heteroatoms. The van der Waals surface area contributed by atoms with Crippen LogP contribution in [0.3, 0.4) is 0 Å². The highest BCUT2D eigenvalue weighted by Gasteiger charge is 2.05. The average molecular weight is 162 g/mol. The van der Waals surface area contributed by atoms with Crippen molar-refractivity contribution >= 4 is 18.6 Å². The van der Waals surface area contributed by atoms with Gasteiger partial charge >= 0.3 is 0 Å². The van der Waals surface area contributed by atoms with Gasteiger partial charge in [-0.25, -0.2) is 4.99 Å². The summed E-state index contributed by atoms with van der Waals surface area (Å²) < 4.78 is 1.98. The van der Waals surface area contributed by atoms with E-state index >= 15 is 0 Å². The maximum atomic E-state index is 3.97. The molecule has 0 aliphatic heterocycles. The Morgan fingerprint density at radius 1 is 1.58 bits per heavy atom. The summed E-state index contributed by atoms with van der Waals surface area (Å²) in [6.45, 7) is 7.62. The van der Waals surface area contributed by atoms with Gasteiger partial charge in [0.25, 0.3) is 0 Å². The van der Waals surface area contributed by atoms with Crippen molar-refractivity contribution in [1.82, 2.24) is 4.57 Å². The van der Waals surface area contributed by atoms with Crippen molar-refractivity contribution in [3.8, 4) is 0 Å². The molecule has 0 fully saturated rings. The Labute approximate surface area is 73.2 Å². The van der Waals surface area contributed by atoms with Gasteiger partial charge in [-0.05, 0) is 26.1 Å². The van der Waals surface area contributed by atoms with E-state index in [-0.39, 0.29) is 0 Å². The highest BCUT2D eigenvalue weighted by molar-refractivity contribution is 5.66. The SMILES string of the molecule is C=Nc1c(/C=C\C)c(C)cn1C. The summed E-state index contributed by atoms with van der Waals surface area (Å²) in [5.41, 5.74) is 2.40. The Bertz CT molecular complexity index is 319. The third-order valence-electron chi connectivity index (χ3n) is 1.87. The highest BCUT2D eigenvalue weighted by atomic mass is 15.0. The molecule has 1 heterocycles. The Balaban J connectivity index is 3.31. The molecule has 0 aliphatic carbocycles. The van der Waals surface area contributed by atoms with Crippen molar-refractivity contribution in [2.45, 2.75) is 13.8 Å². The molecule has 0 unspecified atom stereocenters. The fraction of sp³-hybridized carbons (Fsp3) is 0.300. The number of aromatic nitrogens is 1. The molecule has 0 saturated heterocycles. The summed E-state index contributed by atoms with van der Waals surface area (Å²) in [6, 6.07) is 0. The molecule has 0 radical (unpaired) electrons. The summed E-state index contributed by atoms with van der Waals surface area (Å²) in [5.74, 6) is 0.936. The number of aryl methyl sites for hydroxylation is 2. The second-order valence-electron chi connectivity index (χ2n) is 2.82. The van der Waals surface area contributed by atoms with Gasteiger partial charge in [-0.15, -0.1) is 0 Å². The number of rotatable bonds is 2. The zero-order valence-electron chi connectivity index (χ0n) is 7.83. The third kappa shape index (κ3) is 1.33. The van der Waals surface area contributed by atoms with Gasteiger partial charge in [-0.2, -0.15) is 0 Å². The molecular weight excluding hydrogens is 148 g/mol. The van der Waals surface area contributed by atoms with Gasteiger partial charge < -0.3 is 4.57 Å². The summed E-state index contributed by atoms with van der Waals surface area (Å²) in [7, 11) is 1.98. The van der Waals surface area contributed by atoms with Crippen molar-refractivity contribution in [3.05, 3.63) is 23.4 Å². The van der Waals surface area contributed by atoms with Crippen LogP contribution in [-0.4, -0.2) is 11.3 Å². The molecule has 64 valence electrons. The van der Waals surface area contributed by atoms with Crippen LogP contribution in [0.4, 0.5) is 5.82 Å². The highest BCUT2D eigenvalue weighted by Crippen LogP contribution is 2.24. The summed E-state index contributed by atoms with van der Waals surface area (Å²) in [6.07, 6.45) is 6.12. The van der Waals surface area contributed by atoms with Crippen LogP contribution in [0.25, 0.3) is 6.08 Å². The Hall–Kier alpha value is -1.31. The van der Waals surface area contributed by atoms with E-state index in [2.05, 4.69) is 30.9 Å². The van der Waals surface area contributed by atoms with Crippen molar-refractivity contribution in [1.29, 1.82) is 0 Å². The lowest BCUT2D eigenvalue weighted by molar-refractivity contribution is 0.923. The van der Waals surface area contributed by atoms with E-state index in [1.807, 2.05) is 24.6 Å². The smallest absolute Gasteiger partial charge is 0.139 e. The number of hydrogen-bond donors (Lipinski definition) is 0. The monoisotopic (exact) mass is 162 g/mol. The number of allylic oxidation sites excluding steroid dienone is 1. The van der Waals surface area contributed by atoms with E-state index in [1.54, 1.807) is 0 Å². The van der Waals surface area contributed by atoms with Gasteiger partial charge in [-0.3, -0.25) is 0 Å². The van der Waals surface area contributed by atoms with Gasteiger partial charge in [0, 0.05) is 18.8 Å². The molecule has 12 heavy (non-hydrogen) atoms. The molecule has 0 aliphatic rings. The predicted octanol–water partition coefficient (Wildman–Crippen LogP) is 2.70. The van der Waals surface area contributed by atoms with Crippen molar-refractivity contribution in [3.63, 3.8) is 0 Å². The number of hydrogen-bond acceptors (Lipinski definition) is 1. The van der Waals surface area contributed by atoms with Crippen LogP contribution in [0.15, 0.2) is 17.3 Å². The fourth-order valence-electron chi connectivity index (χ4n) is 1.36. The Morgan fingerprint density at radius 2 is 2.25 bits per heavy atom. The minimum Gasteiger partial charge on any atom is -0.335 e. The largest absolute Gasteiger partial charge is 0.335 e. The lowest BCUT2D eigenvalue weighted by Gasteiger charge is -1.96. The first-order valence-corrected chi connectivity index (χ1v) is 3.96. The van der Waals surface area contributed by atoms with E-state index in [9.17, 15) is 0 Å². The molecule has 0 N–H and O–H groups in total. The zero-order chi connectivity index (χ0) is 9.14. The topological polar surface area (TPSA) is 17.3 Å². The standard InChI is InChI=1S/C10H14N2/c1-5-6-9-8(2)7-12(4)10(9)11-3/h5-7H,3H2,1-2,4H3/b6-5-. The van der Waals surface area contributed by atoms with Crippen LogP contribution in [0.5, 0.6) is 0 Å². The minimum atomic E-state index is 0.936. The first-order valence-electron chi connectivity index (χ1n) is 3.96. The molecule has 0 saturated carbocycles. The van der Waals surface area contributed by atoms with Crippen LogP contribution in [-0.2, 0) is 7.05 Å². The summed E-state index contributed by atoms with van der Waals surface area (Å²) in [5, 5.41) is 0. The van der Waals surface area contributed by atoms with Crippen molar-refractivity contribution < 1.29 is 0 Å². The van der Waals surface area contributed by atoms with Crippen LogP contribution in [0, 0.1) is 6.92 Å². The van der Waals surface area contributed by atoms with Crippen LogP contribution < -0.4 is 0 Å². The van der Waals surface area contributed by atoms with Crippen molar-refractivity contribution in [2.75, 3.05) is 0 Å². The second-order valence-corrected chi connectivity index (χ2v) is 2.82.